The highest BCUT2D eigenvalue weighted by Gasteiger charge is 2.30. The summed E-state index contributed by atoms with van der Waals surface area (Å²) in [7, 11) is -9.91. The van der Waals surface area contributed by atoms with Gasteiger partial charge in [0.1, 0.15) is 19.3 Å². The second-order valence-electron chi connectivity index (χ2n) is 25.6. The first-order valence-electron chi connectivity index (χ1n) is 37.6. The van der Waals surface area contributed by atoms with Crippen LogP contribution in [0.5, 0.6) is 0 Å². The smallest absolute Gasteiger partial charge is 0.462 e. The number of carbonyl (C=O) groups is 4. The molecule has 0 spiro atoms. The molecule has 0 aliphatic heterocycles. The number of phosphoric acid groups is 2. The third-order valence-electron chi connectivity index (χ3n) is 16.5. The number of ether oxygens (including phenoxy) is 4. The molecular formula is C73H138O17P2. The van der Waals surface area contributed by atoms with E-state index in [-0.39, 0.29) is 25.7 Å². The minimum atomic E-state index is -4.96. The lowest BCUT2D eigenvalue weighted by Crippen LogP contribution is -2.30. The van der Waals surface area contributed by atoms with E-state index in [1.807, 2.05) is 0 Å². The van der Waals surface area contributed by atoms with Gasteiger partial charge in [0.25, 0.3) is 0 Å². The molecule has 17 nitrogen and oxygen atoms in total. The molecule has 3 N–H and O–H groups in total. The molecule has 92 heavy (non-hydrogen) atoms. The Hall–Kier alpha value is -2.46. The summed E-state index contributed by atoms with van der Waals surface area (Å²) in [5.41, 5.74) is 0. The summed E-state index contributed by atoms with van der Waals surface area (Å²) in [5.74, 6) is -2.15. The fraction of sp³-hybridized carbons (Fsp3) is 0.890. The van der Waals surface area contributed by atoms with Gasteiger partial charge in [-0.15, -0.1) is 0 Å². The van der Waals surface area contributed by atoms with E-state index < -0.39 is 97.5 Å². The fourth-order valence-electron chi connectivity index (χ4n) is 10.7. The number of carbonyl (C=O) groups excluding carboxylic acids is 4. The van der Waals surface area contributed by atoms with E-state index in [0.717, 1.165) is 103 Å². The van der Waals surface area contributed by atoms with Crippen LogP contribution >= 0.6 is 15.6 Å². The summed E-state index contributed by atoms with van der Waals surface area (Å²) in [5, 5.41) is 10.6. The molecule has 0 aromatic rings. The number of aliphatic hydroxyl groups excluding tert-OH is 1. The Labute approximate surface area is 561 Å². The minimum absolute atomic E-state index is 0.0860. The van der Waals surface area contributed by atoms with E-state index >= 15 is 0 Å². The lowest BCUT2D eigenvalue weighted by atomic mass is 10.0. The van der Waals surface area contributed by atoms with Crippen molar-refractivity contribution in [2.24, 2.45) is 0 Å². The molecule has 0 aromatic heterocycles. The molecule has 5 atom stereocenters. The molecule has 542 valence electrons. The van der Waals surface area contributed by atoms with E-state index in [9.17, 15) is 43.2 Å². The summed E-state index contributed by atoms with van der Waals surface area (Å²) in [6.45, 7) is 4.89. The molecule has 19 heteroatoms. The SMILES string of the molecule is CCCCCC/C=C\C=C/CCCCCCCC(=O)O[C@H](COC(=O)CCCCCCCCCCCCCCCCC)COP(=O)(O)OC[C@@H](O)COP(=O)(O)OC[C@@H](COC(=O)CCCCCCCCCCC)OC(=O)CCCCCCCCCCCCCCC. The number of unbranched alkanes of at least 4 members (excludes halogenated alkanes) is 43. The highest BCUT2D eigenvalue weighted by atomic mass is 31.2. The molecular weight excluding hydrogens is 1210 g/mol. The first-order chi connectivity index (χ1) is 44.7. The maximum absolute atomic E-state index is 13.0. The van der Waals surface area contributed by atoms with Gasteiger partial charge in [-0.1, -0.05) is 309 Å². The zero-order chi connectivity index (χ0) is 67.5. The van der Waals surface area contributed by atoms with Gasteiger partial charge >= 0.3 is 39.5 Å². The van der Waals surface area contributed by atoms with Crippen LogP contribution in [-0.4, -0.2) is 96.7 Å². The van der Waals surface area contributed by atoms with Crippen LogP contribution in [0.4, 0.5) is 0 Å². The van der Waals surface area contributed by atoms with Gasteiger partial charge < -0.3 is 33.8 Å². The van der Waals surface area contributed by atoms with Crippen molar-refractivity contribution in [1.82, 2.24) is 0 Å². The summed E-state index contributed by atoms with van der Waals surface area (Å²) in [4.78, 5) is 72.6. The van der Waals surface area contributed by atoms with Crippen molar-refractivity contribution in [1.29, 1.82) is 0 Å². The summed E-state index contributed by atoms with van der Waals surface area (Å²) in [6.07, 6.45) is 58.9. The van der Waals surface area contributed by atoms with E-state index in [0.29, 0.717) is 25.7 Å². The molecule has 0 aliphatic carbocycles. The Kier molecular flexibility index (Phi) is 65.3. The summed E-state index contributed by atoms with van der Waals surface area (Å²) >= 11 is 0. The number of phosphoric ester groups is 2. The van der Waals surface area contributed by atoms with Crippen LogP contribution in [0, 0.1) is 0 Å². The van der Waals surface area contributed by atoms with Crippen molar-refractivity contribution in [3.63, 3.8) is 0 Å². The highest BCUT2D eigenvalue weighted by Crippen LogP contribution is 2.45. The summed E-state index contributed by atoms with van der Waals surface area (Å²) < 4.78 is 68.3. The predicted octanol–water partition coefficient (Wildman–Crippen LogP) is 21.0. The normalized spacial score (nSPS) is 14.1. The van der Waals surface area contributed by atoms with Crippen LogP contribution in [0.2, 0.25) is 0 Å². The van der Waals surface area contributed by atoms with Crippen LogP contribution in [-0.2, 0) is 65.4 Å². The van der Waals surface area contributed by atoms with Gasteiger partial charge in [-0.25, -0.2) is 9.13 Å². The molecule has 0 aromatic carbocycles. The van der Waals surface area contributed by atoms with E-state index in [1.54, 1.807) is 0 Å². The number of esters is 4. The highest BCUT2D eigenvalue weighted by molar-refractivity contribution is 7.47. The lowest BCUT2D eigenvalue weighted by Gasteiger charge is -2.21. The lowest BCUT2D eigenvalue weighted by molar-refractivity contribution is -0.161. The van der Waals surface area contributed by atoms with Crippen LogP contribution in [0.3, 0.4) is 0 Å². The molecule has 0 rings (SSSR count). The Bertz CT molecular complexity index is 1850. The number of allylic oxidation sites excluding steroid dienone is 4. The van der Waals surface area contributed by atoms with E-state index in [4.69, 9.17) is 37.0 Å². The van der Waals surface area contributed by atoms with Crippen molar-refractivity contribution in [2.45, 2.75) is 380 Å². The molecule has 2 unspecified atom stereocenters. The van der Waals surface area contributed by atoms with Crippen molar-refractivity contribution >= 4 is 39.5 Å². The average molecular weight is 1350 g/mol. The zero-order valence-electron chi connectivity index (χ0n) is 59.0. The monoisotopic (exact) mass is 1350 g/mol. The number of aliphatic hydroxyl groups is 1. The zero-order valence-corrected chi connectivity index (χ0v) is 60.8. The standard InChI is InChI=1S/C73H138O17P2/c1-5-9-13-17-21-25-28-31-33-36-38-42-46-50-54-58-71(76)84-64-69(90-73(78)60-56-52-48-44-40-37-34-32-29-26-22-18-14-10-6-2)66-88-92(81,82)86-62-67(74)61-85-91(79,80)87-65-68(63-83-70(75)57-53-49-45-41-24-20-16-12-8-4)89-72(77)59-55-51-47-43-39-35-30-27-23-19-15-11-7-3/h26,29,32,34,67-69,74H,5-25,27-28,30-31,33,35-66H2,1-4H3,(H,79,80)(H,81,82)/b29-26-,34-32-/t67-,68+,69+/m0/s1. The van der Waals surface area contributed by atoms with E-state index in [2.05, 4.69) is 52.0 Å². The Morgan fingerprint density at radius 1 is 0.304 bits per heavy atom. The van der Waals surface area contributed by atoms with Crippen molar-refractivity contribution in [3.05, 3.63) is 24.3 Å². The second kappa shape index (κ2) is 67.1. The van der Waals surface area contributed by atoms with Crippen molar-refractivity contribution in [2.75, 3.05) is 39.6 Å². The average Bonchev–Trinajstić information content (AvgIpc) is 1.55. The maximum Gasteiger partial charge on any atom is 0.472 e. The third-order valence-corrected chi connectivity index (χ3v) is 18.4. The molecule has 0 saturated carbocycles. The van der Waals surface area contributed by atoms with Crippen LogP contribution in [0.15, 0.2) is 24.3 Å². The molecule has 0 heterocycles. The van der Waals surface area contributed by atoms with Crippen LogP contribution in [0.25, 0.3) is 0 Å². The third kappa shape index (κ3) is 66.2. The first-order valence-corrected chi connectivity index (χ1v) is 40.6. The van der Waals surface area contributed by atoms with Gasteiger partial charge in [0, 0.05) is 25.7 Å². The van der Waals surface area contributed by atoms with Crippen LogP contribution in [0.1, 0.15) is 362 Å². The Morgan fingerprint density at radius 2 is 0.522 bits per heavy atom. The van der Waals surface area contributed by atoms with Gasteiger partial charge in [0.15, 0.2) is 12.2 Å². The van der Waals surface area contributed by atoms with Gasteiger partial charge in [-0.3, -0.25) is 37.3 Å². The van der Waals surface area contributed by atoms with Gasteiger partial charge in [0.2, 0.25) is 0 Å². The Morgan fingerprint density at radius 3 is 0.793 bits per heavy atom. The number of hydrogen-bond acceptors (Lipinski definition) is 15. The molecule has 0 saturated heterocycles. The molecule has 0 amide bonds. The predicted molar refractivity (Wildman–Crippen MR) is 372 cm³/mol. The fourth-order valence-corrected chi connectivity index (χ4v) is 12.3. The van der Waals surface area contributed by atoms with E-state index in [1.165, 1.54) is 180 Å². The van der Waals surface area contributed by atoms with Crippen LogP contribution < -0.4 is 0 Å². The first kappa shape index (κ1) is 89.5. The number of hydrogen-bond donors (Lipinski definition) is 3. The topological polar surface area (TPSA) is 237 Å². The second-order valence-corrected chi connectivity index (χ2v) is 28.6. The quantitative estimate of drug-likeness (QED) is 0.0169. The van der Waals surface area contributed by atoms with Gasteiger partial charge in [-0.05, 0) is 51.4 Å². The molecule has 0 fully saturated rings. The largest absolute Gasteiger partial charge is 0.472 e. The van der Waals surface area contributed by atoms with Gasteiger partial charge in [0.05, 0.1) is 26.4 Å². The molecule has 0 radical (unpaired) electrons. The van der Waals surface area contributed by atoms with Gasteiger partial charge in [-0.2, -0.15) is 0 Å². The molecule has 0 bridgehead atoms. The molecule has 0 aliphatic rings. The van der Waals surface area contributed by atoms with Crippen molar-refractivity contribution in [3.8, 4) is 0 Å². The Balaban J connectivity index is 5.27. The van der Waals surface area contributed by atoms with Crippen molar-refractivity contribution < 1.29 is 80.2 Å². The number of rotatable bonds is 72. The minimum Gasteiger partial charge on any atom is -0.462 e. The summed E-state index contributed by atoms with van der Waals surface area (Å²) in [6, 6.07) is 0. The maximum atomic E-state index is 13.0.